The van der Waals surface area contributed by atoms with Gasteiger partial charge in [-0.2, -0.15) is 5.26 Å². The molecule has 2 heteroatoms. The largest absolute Gasteiger partial charge is 0.359 e. The normalized spacial score (nSPS) is 21.8. The van der Waals surface area contributed by atoms with E-state index in [4.69, 9.17) is 10.00 Å². The van der Waals surface area contributed by atoms with Crippen molar-refractivity contribution in [1.82, 2.24) is 0 Å². The smallest absolute Gasteiger partial charge is 0.114 e. The molecule has 17 heavy (non-hydrogen) atoms. The molecule has 2 atom stereocenters. The van der Waals surface area contributed by atoms with E-state index in [1.165, 1.54) is 5.56 Å². The highest BCUT2D eigenvalue weighted by Gasteiger charge is 2.41. The van der Waals surface area contributed by atoms with Crippen LogP contribution in [0, 0.1) is 11.3 Å². The van der Waals surface area contributed by atoms with Crippen LogP contribution in [0.3, 0.4) is 0 Å². The summed E-state index contributed by atoms with van der Waals surface area (Å²) in [6, 6.07) is 19.9. The Balaban J connectivity index is 1.78. The Morgan fingerprint density at radius 1 is 0.824 bits per heavy atom. The fourth-order valence-electron chi connectivity index (χ4n) is 2.01. The van der Waals surface area contributed by atoms with Crippen molar-refractivity contribution >= 4 is 0 Å². The summed E-state index contributed by atoms with van der Waals surface area (Å²) in [7, 11) is 0. The summed E-state index contributed by atoms with van der Waals surface area (Å²) in [5.41, 5.74) is 3.03. The molecule has 0 aliphatic carbocycles. The molecule has 0 bridgehead atoms. The van der Waals surface area contributed by atoms with Gasteiger partial charge in [0.05, 0.1) is 11.6 Å². The van der Waals surface area contributed by atoms with Crippen molar-refractivity contribution in [1.29, 1.82) is 5.26 Å². The summed E-state index contributed by atoms with van der Waals surface area (Å²) in [4.78, 5) is 0. The minimum Gasteiger partial charge on any atom is -0.359 e. The van der Waals surface area contributed by atoms with Gasteiger partial charge in [0.25, 0.3) is 0 Å². The van der Waals surface area contributed by atoms with E-state index < -0.39 is 0 Å². The summed E-state index contributed by atoms with van der Waals surface area (Å²) in [5, 5.41) is 8.73. The molecule has 0 amide bonds. The summed E-state index contributed by atoms with van der Waals surface area (Å²) in [6.07, 6.45) is 0.314. The first kappa shape index (κ1) is 10.1. The summed E-state index contributed by atoms with van der Waals surface area (Å²) in [5.74, 6) is 0. The molecule has 0 unspecified atom stereocenters. The number of nitriles is 1. The van der Waals surface area contributed by atoms with Crippen LogP contribution in [0.2, 0.25) is 0 Å². The topological polar surface area (TPSA) is 36.3 Å². The zero-order chi connectivity index (χ0) is 11.7. The van der Waals surface area contributed by atoms with Crippen LogP contribution in [0.1, 0.15) is 28.9 Å². The molecule has 2 aromatic carbocycles. The van der Waals surface area contributed by atoms with Crippen LogP contribution in [0.5, 0.6) is 0 Å². The number of nitrogens with zero attached hydrogens (tertiary/aromatic N) is 1. The highest BCUT2D eigenvalue weighted by Crippen LogP contribution is 2.50. The zero-order valence-corrected chi connectivity index (χ0v) is 9.21. The lowest BCUT2D eigenvalue weighted by Gasteiger charge is -1.96. The maximum absolute atomic E-state index is 8.73. The van der Waals surface area contributed by atoms with Gasteiger partial charge >= 0.3 is 0 Å². The fourth-order valence-corrected chi connectivity index (χ4v) is 2.01. The van der Waals surface area contributed by atoms with Gasteiger partial charge in [0, 0.05) is 0 Å². The number of hydrogen-bond donors (Lipinski definition) is 0. The molecular weight excluding hydrogens is 210 g/mol. The third kappa shape index (κ3) is 1.93. The van der Waals surface area contributed by atoms with Crippen LogP contribution in [0.15, 0.2) is 54.6 Å². The average Bonchev–Trinajstić information content (AvgIpc) is 3.20. The maximum Gasteiger partial charge on any atom is 0.114 e. The van der Waals surface area contributed by atoms with Gasteiger partial charge in [-0.3, -0.25) is 0 Å². The summed E-state index contributed by atoms with van der Waals surface area (Å²) >= 11 is 0. The molecule has 1 aliphatic rings. The van der Waals surface area contributed by atoms with Gasteiger partial charge in [0.1, 0.15) is 12.2 Å². The van der Waals surface area contributed by atoms with Crippen LogP contribution in [0.25, 0.3) is 0 Å². The number of hydrogen-bond acceptors (Lipinski definition) is 2. The molecule has 3 rings (SSSR count). The van der Waals surface area contributed by atoms with Crippen LogP contribution in [-0.4, -0.2) is 0 Å². The quantitative estimate of drug-likeness (QED) is 0.729. The van der Waals surface area contributed by atoms with Crippen LogP contribution >= 0.6 is 0 Å². The molecular formula is C15H11NO. The number of epoxide rings is 1. The molecule has 0 saturated carbocycles. The van der Waals surface area contributed by atoms with E-state index in [0.717, 1.165) is 5.56 Å². The zero-order valence-electron chi connectivity index (χ0n) is 9.21. The Kier molecular flexibility index (Phi) is 2.40. The monoisotopic (exact) mass is 221 g/mol. The highest BCUT2D eigenvalue weighted by molar-refractivity contribution is 5.35. The molecule has 1 heterocycles. The lowest BCUT2D eigenvalue weighted by atomic mass is 10.0. The first-order valence-electron chi connectivity index (χ1n) is 5.59. The van der Waals surface area contributed by atoms with Gasteiger partial charge in [-0.05, 0) is 23.3 Å². The van der Waals surface area contributed by atoms with Crippen LogP contribution in [-0.2, 0) is 4.74 Å². The Labute approximate surface area is 100 Å². The van der Waals surface area contributed by atoms with Gasteiger partial charge < -0.3 is 4.74 Å². The van der Waals surface area contributed by atoms with E-state index in [1.807, 2.05) is 42.5 Å². The Morgan fingerprint density at radius 2 is 1.41 bits per heavy atom. The van der Waals surface area contributed by atoms with E-state index in [0.29, 0.717) is 5.56 Å². The van der Waals surface area contributed by atoms with E-state index in [-0.39, 0.29) is 12.2 Å². The predicted molar refractivity (Wildman–Crippen MR) is 64.2 cm³/mol. The van der Waals surface area contributed by atoms with E-state index >= 15 is 0 Å². The van der Waals surface area contributed by atoms with Crippen LogP contribution in [0.4, 0.5) is 0 Å². The first-order chi connectivity index (χ1) is 8.38. The van der Waals surface area contributed by atoms with E-state index in [1.54, 1.807) is 0 Å². The lowest BCUT2D eigenvalue weighted by Crippen LogP contribution is -1.84. The van der Waals surface area contributed by atoms with E-state index in [9.17, 15) is 0 Å². The van der Waals surface area contributed by atoms with Crippen molar-refractivity contribution in [2.75, 3.05) is 0 Å². The van der Waals surface area contributed by atoms with Crippen molar-refractivity contribution in [2.24, 2.45) is 0 Å². The lowest BCUT2D eigenvalue weighted by molar-refractivity contribution is 0.377. The molecule has 1 aliphatic heterocycles. The second-order valence-corrected chi connectivity index (χ2v) is 4.12. The second-order valence-electron chi connectivity index (χ2n) is 4.12. The first-order valence-corrected chi connectivity index (χ1v) is 5.59. The minimum atomic E-state index is 0.144. The van der Waals surface area contributed by atoms with Crippen molar-refractivity contribution in [3.05, 3.63) is 71.3 Å². The van der Waals surface area contributed by atoms with Crippen molar-refractivity contribution < 1.29 is 4.74 Å². The van der Waals surface area contributed by atoms with Gasteiger partial charge in [0.15, 0.2) is 0 Å². The third-order valence-corrected chi connectivity index (χ3v) is 2.99. The van der Waals surface area contributed by atoms with Gasteiger partial charge in [-0.15, -0.1) is 0 Å². The van der Waals surface area contributed by atoms with Gasteiger partial charge in [0.2, 0.25) is 0 Å². The van der Waals surface area contributed by atoms with Gasteiger partial charge in [-0.1, -0.05) is 42.5 Å². The summed E-state index contributed by atoms with van der Waals surface area (Å²) in [6.45, 7) is 0. The number of rotatable bonds is 2. The Morgan fingerprint density at radius 3 is 2.00 bits per heavy atom. The third-order valence-electron chi connectivity index (χ3n) is 2.99. The van der Waals surface area contributed by atoms with Crippen molar-refractivity contribution in [3.8, 4) is 6.07 Å². The van der Waals surface area contributed by atoms with Crippen molar-refractivity contribution in [3.63, 3.8) is 0 Å². The molecule has 82 valence electrons. The van der Waals surface area contributed by atoms with Crippen molar-refractivity contribution in [2.45, 2.75) is 12.2 Å². The molecule has 1 fully saturated rings. The fraction of sp³-hybridized carbons (Fsp3) is 0.133. The molecule has 0 aromatic heterocycles. The second kappa shape index (κ2) is 4.04. The van der Waals surface area contributed by atoms with Crippen LogP contribution < -0.4 is 0 Å². The molecule has 0 radical (unpaired) electrons. The number of ether oxygens (including phenoxy) is 1. The van der Waals surface area contributed by atoms with Gasteiger partial charge in [-0.25, -0.2) is 0 Å². The Hall–Kier alpha value is -2.11. The molecule has 2 aromatic rings. The summed E-state index contributed by atoms with van der Waals surface area (Å²) < 4.78 is 5.68. The molecule has 2 nitrogen and oxygen atoms in total. The van der Waals surface area contributed by atoms with E-state index in [2.05, 4.69) is 18.2 Å². The average molecular weight is 221 g/mol. The Bertz CT molecular complexity index is 554. The standard InChI is InChI=1S/C15H11NO/c16-10-11-6-8-13(9-7-11)15-14(17-15)12-4-2-1-3-5-12/h1-9,14-15H/t14-,15-/m0/s1. The molecule has 1 saturated heterocycles. The predicted octanol–water partition coefficient (Wildman–Crippen LogP) is 3.37. The molecule has 0 N–H and O–H groups in total. The maximum atomic E-state index is 8.73. The minimum absolute atomic E-state index is 0.144. The SMILES string of the molecule is N#Cc1ccc([C@@H]2O[C@H]2c2ccccc2)cc1. The highest BCUT2D eigenvalue weighted by atomic mass is 16.6. The molecule has 0 spiro atoms. The number of benzene rings is 2.